The molecule has 1 rings (SSSR count). The van der Waals surface area contributed by atoms with Gasteiger partial charge in [0, 0.05) is 13.5 Å². The van der Waals surface area contributed by atoms with E-state index < -0.39 is 0 Å². The van der Waals surface area contributed by atoms with Crippen LogP contribution in [0.4, 0.5) is 0 Å². The fourth-order valence-corrected chi connectivity index (χ4v) is 1.94. The monoisotopic (exact) mass is 282 g/mol. The molecule has 0 aliphatic heterocycles. The first-order valence-electron chi connectivity index (χ1n) is 6.77. The van der Waals surface area contributed by atoms with Gasteiger partial charge in [-0.15, -0.1) is 0 Å². The molecule has 0 saturated heterocycles. The molecule has 0 N–H and O–H groups in total. The minimum Gasteiger partial charge on any atom is -0.481 e. The van der Waals surface area contributed by atoms with E-state index in [1.54, 1.807) is 14.0 Å². The van der Waals surface area contributed by atoms with Gasteiger partial charge in [0.25, 0.3) is 0 Å². The van der Waals surface area contributed by atoms with Crippen molar-refractivity contribution in [3.05, 3.63) is 11.3 Å². The van der Waals surface area contributed by atoms with Crippen molar-refractivity contribution in [2.75, 3.05) is 13.7 Å². The summed E-state index contributed by atoms with van der Waals surface area (Å²) in [5.41, 5.74) is 1.05. The Labute approximate surface area is 119 Å². The first-order chi connectivity index (χ1) is 9.51. The second kappa shape index (κ2) is 7.67. The Kier molecular flexibility index (Phi) is 6.21. The minimum atomic E-state index is -0.340. The van der Waals surface area contributed by atoms with E-state index in [1.807, 2.05) is 6.92 Å². The van der Waals surface area contributed by atoms with Gasteiger partial charge in [0.05, 0.1) is 25.8 Å². The maximum absolute atomic E-state index is 12.2. The molecule has 0 atom stereocenters. The van der Waals surface area contributed by atoms with Crippen molar-refractivity contribution >= 4 is 11.8 Å². The molecule has 6 heteroatoms. The molecule has 0 bridgehead atoms. The van der Waals surface area contributed by atoms with Gasteiger partial charge in [0.15, 0.2) is 5.78 Å². The summed E-state index contributed by atoms with van der Waals surface area (Å²) < 4.78 is 11.7. The Morgan fingerprint density at radius 1 is 1.30 bits per heavy atom. The second-order valence-corrected chi connectivity index (χ2v) is 4.59. The van der Waals surface area contributed by atoms with Gasteiger partial charge in [0.2, 0.25) is 5.88 Å². The zero-order valence-corrected chi connectivity index (χ0v) is 12.6. The van der Waals surface area contributed by atoms with Gasteiger partial charge in [-0.3, -0.25) is 9.59 Å². The van der Waals surface area contributed by atoms with Crippen LogP contribution in [0.3, 0.4) is 0 Å². The Morgan fingerprint density at radius 3 is 2.60 bits per heavy atom. The quantitative estimate of drug-likeness (QED) is 0.414. The van der Waals surface area contributed by atoms with Gasteiger partial charge in [-0.25, -0.2) is 4.68 Å². The number of aromatic nitrogens is 2. The van der Waals surface area contributed by atoms with Crippen LogP contribution in [0.2, 0.25) is 0 Å². The van der Waals surface area contributed by atoms with Crippen LogP contribution in [0, 0.1) is 6.92 Å². The van der Waals surface area contributed by atoms with Crippen molar-refractivity contribution in [3.8, 4) is 5.88 Å². The highest BCUT2D eigenvalue weighted by Crippen LogP contribution is 2.23. The summed E-state index contributed by atoms with van der Waals surface area (Å²) in [6, 6.07) is 0. The lowest BCUT2D eigenvalue weighted by Gasteiger charge is -2.05. The zero-order chi connectivity index (χ0) is 15.1. The van der Waals surface area contributed by atoms with Gasteiger partial charge in [-0.2, -0.15) is 5.10 Å². The van der Waals surface area contributed by atoms with Crippen LogP contribution in [-0.2, 0) is 16.6 Å². The molecule has 1 heterocycles. The highest BCUT2D eigenvalue weighted by Gasteiger charge is 2.21. The molecule has 112 valence electrons. The molecule has 0 amide bonds. The fraction of sp³-hybridized carbons (Fsp3) is 0.643. The summed E-state index contributed by atoms with van der Waals surface area (Å²) in [4.78, 5) is 23.6. The Balaban J connectivity index is 2.57. The average molecular weight is 282 g/mol. The molecular formula is C14H22N2O4. The Hall–Kier alpha value is -1.85. The van der Waals surface area contributed by atoms with Gasteiger partial charge in [-0.1, -0.05) is 13.3 Å². The molecule has 20 heavy (non-hydrogen) atoms. The maximum atomic E-state index is 12.2. The molecule has 0 spiro atoms. The van der Waals surface area contributed by atoms with E-state index in [2.05, 4.69) is 5.10 Å². The van der Waals surface area contributed by atoms with E-state index in [-0.39, 0.29) is 24.6 Å². The first-order valence-corrected chi connectivity index (χ1v) is 6.77. The van der Waals surface area contributed by atoms with Crippen LogP contribution in [-0.4, -0.2) is 35.2 Å². The van der Waals surface area contributed by atoms with Crippen LogP contribution >= 0.6 is 0 Å². The van der Waals surface area contributed by atoms with Crippen molar-refractivity contribution in [3.63, 3.8) is 0 Å². The smallest absolute Gasteiger partial charge is 0.306 e. The Morgan fingerprint density at radius 2 is 2.00 bits per heavy atom. The summed E-state index contributed by atoms with van der Waals surface area (Å²) in [6.07, 6.45) is 2.00. The molecule has 0 aliphatic carbocycles. The predicted octanol–water partition coefficient (Wildman–Crippen LogP) is 2.04. The number of carbonyl (C=O) groups excluding carboxylic acids is 2. The summed E-state index contributed by atoms with van der Waals surface area (Å²) in [5.74, 6) is -0.0703. The van der Waals surface area contributed by atoms with Gasteiger partial charge >= 0.3 is 5.97 Å². The van der Waals surface area contributed by atoms with E-state index in [0.29, 0.717) is 23.7 Å². The minimum absolute atomic E-state index is 0.0834. The standard InChI is InChI=1S/C14H22N2O4/c1-5-6-9-20-12(18)8-7-11(17)13-10(2)15-16(3)14(13)19-4/h5-9H2,1-4H3. The molecule has 6 nitrogen and oxygen atoms in total. The lowest BCUT2D eigenvalue weighted by atomic mass is 10.1. The highest BCUT2D eigenvalue weighted by atomic mass is 16.5. The number of unbranched alkanes of at least 4 members (excludes halogenated alkanes) is 1. The number of carbonyl (C=O) groups is 2. The molecule has 1 aromatic heterocycles. The number of methoxy groups -OCH3 is 1. The van der Waals surface area contributed by atoms with Crippen molar-refractivity contribution in [2.45, 2.75) is 39.5 Å². The largest absolute Gasteiger partial charge is 0.481 e. The molecule has 0 radical (unpaired) electrons. The van der Waals surface area contributed by atoms with Crippen LogP contribution < -0.4 is 4.74 Å². The predicted molar refractivity (Wildman–Crippen MR) is 73.9 cm³/mol. The van der Waals surface area contributed by atoms with Gasteiger partial charge < -0.3 is 9.47 Å². The van der Waals surface area contributed by atoms with Crippen molar-refractivity contribution in [1.82, 2.24) is 9.78 Å². The number of hydrogen-bond acceptors (Lipinski definition) is 5. The molecular weight excluding hydrogens is 260 g/mol. The fourth-order valence-electron chi connectivity index (χ4n) is 1.94. The van der Waals surface area contributed by atoms with Crippen LogP contribution in [0.5, 0.6) is 5.88 Å². The summed E-state index contributed by atoms with van der Waals surface area (Å²) >= 11 is 0. The topological polar surface area (TPSA) is 70.4 Å². The summed E-state index contributed by atoms with van der Waals surface area (Å²) in [5, 5.41) is 4.15. The van der Waals surface area contributed by atoms with E-state index in [1.165, 1.54) is 11.8 Å². The van der Waals surface area contributed by atoms with Crippen LogP contribution in [0.25, 0.3) is 0 Å². The number of ketones is 1. The average Bonchev–Trinajstić information content (AvgIpc) is 2.70. The molecule has 0 saturated carbocycles. The number of Topliss-reactive ketones (excluding diaryl/α,β-unsaturated/α-hetero) is 1. The Bertz CT molecular complexity index is 480. The highest BCUT2D eigenvalue weighted by molar-refractivity contribution is 6.00. The van der Waals surface area contributed by atoms with Crippen molar-refractivity contribution < 1.29 is 19.1 Å². The van der Waals surface area contributed by atoms with Crippen molar-refractivity contribution in [1.29, 1.82) is 0 Å². The number of rotatable bonds is 8. The lowest BCUT2D eigenvalue weighted by molar-refractivity contribution is -0.143. The van der Waals surface area contributed by atoms with Gasteiger partial charge in [0.1, 0.15) is 5.56 Å². The number of aryl methyl sites for hydroxylation is 2. The van der Waals surface area contributed by atoms with E-state index in [0.717, 1.165) is 12.8 Å². The second-order valence-electron chi connectivity index (χ2n) is 4.59. The van der Waals surface area contributed by atoms with E-state index >= 15 is 0 Å². The number of nitrogens with zero attached hydrogens (tertiary/aromatic N) is 2. The molecule has 1 aromatic rings. The molecule has 0 aromatic carbocycles. The normalized spacial score (nSPS) is 10.4. The first kappa shape index (κ1) is 16.2. The third-order valence-corrected chi connectivity index (χ3v) is 2.96. The van der Waals surface area contributed by atoms with Crippen molar-refractivity contribution in [2.24, 2.45) is 7.05 Å². The summed E-state index contributed by atoms with van der Waals surface area (Å²) in [6.45, 7) is 4.18. The molecule has 0 unspecified atom stereocenters. The molecule has 0 aliphatic rings. The van der Waals surface area contributed by atoms with E-state index in [4.69, 9.17) is 9.47 Å². The lowest BCUT2D eigenvalue weighted by Crippen LogP contribution is -2.10. The van der Waals surface area contributed by atoms with Crippen LogP contribution in [0.1, 0.15) is 48.7 Å². The van der Waals surface area contributed by atoms with E-state index in [9.17, 15) is 9.59 Å². The summed E-state index contributed by atoms with van der Waals surface area (Å²) in [7, 11) is 3.20. The third kappa shape index (κ3) is 4.08. The number of hydrogen-bond donors (Lipinski definition) is 0. The maximum Gasteiger partial charge on any atom is 0.306 e. The van der Waals surface area contributed by atoms with Gasteiger partial charge in [-0.05, 0) is 13.3 Å². The number of ether oxygens (including phenoxy) is 2. The molecule has 0 fully saturated rings. The third-order valence-electron chi connectivity index (χ3n) is 2.96. The van der Waals surface area contributed by atoms with Crippen LogP contribution in [0.15, 0.2) is 0 Å². The number of esters is 1. The SMILES string of the molecule is CCCCOC(=O)CCC(=O)c1c(C)nn(C)c1OC. The zero-order valence-electron chi connectivity index (χ0n) is 12.6.